The number of halogens is 1. The van der Waals surface area contributed by atoms with Crippen LogP contribution in [0.4, 0.5) is 0 Å². The van der Waals surface area contributed by atoms with Gasteiger partial charge in [-0.05, 0) is 52.8 Å². The molecule has 0 saturated carbocycles. The third-order valence-corrected chi connectivity index (χ3v) is 4.50. The third kappa shape index (κ3) is 2.62. The van der Waals surface area contributed by atoms with Crippen molar-refractivity contribution in [3.05, 3.63) is 52.9 Å². The van der Waals surface area contributed by atoms with E-state index in [0.29, 0.717) is 0 Å². The van der Waals surface area contributed by atoms with Crippen LogP contribution in [0.2, 0.25) is 0 Å². The minimum Gasteiger partial charge on any atom is -0.245 e. The first-order valence-electron chi connectivity index (χ1n) is 5.75. The van der Waals surface area contributed by atoms with Crippen LogP contribution < -0.4 is 0 Å². The molecule has 0 spiro atoms. The Morgan fingerprint density at radius 3 is 2.74 bits per heavy atom. The van der Waals surface area contributed by atoms with Crippen molar-refractivity contribution in [2.45, 2.75) is 17.0 Å². The zero-order valence-corrected chi connectivity index (χ0v) is 12.6. The van der Waals surface area contributed by atoms with Crippen molar-refractivity contribution in [3.8, 4) is 0 Å². The molecular weight excluding hydrogens is 322 g/mol. The lowest BCUT2D eigenvalue weighted by molar-refractivity contribution is 1.04. The Bertz CT molecular complexity index is 740. The molecule has 94 valence electrons. The van der Waals surface area contributed by atoms with E-state index in [-0.39, 0.29) is 0 Å². The zero-order chi connectivity index (χ0) is 13.2. The van der Waals surface area contributed by atoms with Crippen LogP contribution in [0.15, 0.2) is 57.3 Å². The van der Waals surface area contributed by atoms with Crippen LogP contribution in [0.1, 0.15) is 5.69 Å². The summed E-state index contributed by atoms with van der Waals surface area (Å²) in [7, 11) is 0. The van der Waals surface area contributed by atoms with Crippen molar-refractivity contribution in [2.24, 2.45) is 0 Å². The molecule has 3 nitrogen and oxygen atoms in total. The Morgan fingerprint density at radius 1 is 1.05 bits per heavy atom. The lowest BCUT2D eigenvalue weighted by Gasteiger charge is -2.05. The van der Waals surface area contributed by atoms with Crippen molar-refractivity contribution in [1.82, 2.24) is 15.0 Å². The van der Waals surface area contributed by atoms with Gasteiger partial charge >= 0.3 is 0 Å². The molecule has 0 aliphatic rings. The number of pyridine rings is 1. The van der Waals surface area contributed by atoms with Gasteiger partial charge in [0.1, 0.15) is 16.4 Å². The highest BCUT2D eigenvalue weighted by Crippen LogP contribution is 2.30. The van der Waals surface area contributed by atoms with Crippen molar-refractivity contribution in [2.75, 3.05) is 0 Å². The predicted octanol–water partition coefficient (Wildman–Crippen LogP) is 4.25. The maximum Gasteiger partial charge on any atom is 0.117 e. The van der Waals surface area contributed by atoms with Gasteiger partial charge in [0.25, 0.3) is 0 Å². The molecule has 0 bridgehead atoms. The van der Waals surface area contributed by atoms with Crippen LogP contribution in [-0.2, 0) is 0 Å². The molecule has 0 N–H and O–H groups in total. The first-order valence-corrected chi connectivity index (χ1v) is 7.36. The number of hydrogen-bond donors (Lipinski definition) is 0. The van der Waals surface area contributed by atoms with Gasteiger partial charge < -0.3 is 0 Å². The number of rotatable bonds is 2. The van der Waals surface area contributed by atoms with Gasteiger partial charge in [-0.1, -0.05) is 18.2 Å². The summed E-state index contributed by atoms with van der Waals surface area (Å²) in [5.74, 6) is 0. The van der Waals surface area contributed by atoms with Crippen LogP contribution in [0, 0.1) is 6.92 Å². The van der Waals surface area contributed by atoms with E-state index in [1.807, 2.05) is 43.3 Å². The van der Waals surface area contributed by atoms with E-state index in [9.17, 15) is 0 Å². The standard InChI is InChI=1S/C14H10BrN3S/c1-9-11(15)6-7-13(18-9)19-14-10-4-2-3-5-12(10)16-8-17-14/h2-8H,1H3. The maximum atomic E-state index is 4.53. The molecule has 0 aliphatic heterocycles. The molecule has 0 fully saturated rings. The second-order valence-electron chi connectivity index (χ2n) is 4.01. The van der Waals surface area contributed by atoms with Crippen molar-refractivity contribution < 1.29 is 0 Å². The number of fused-ring (bicyclic) bond motifs is 1. The molecular formula is C14H10BrN3S. The summed E-state index contributed by atoms with van der Waals surface area (Å²) in [5.41, 5.74) is 1.93. The van der Waals surface area contributed by atoms with E-state index < -0.39 is 0 Å². The fraction of sp³-hybridized carbons (Fsp3) is 0.0714. The monoisotopic (exact) mass is 331 g/mol. The van der Waals surface area contributed by atoms with Gasteiger partial charge in [-0.3, -0.25) is 0 Å². The highest BCUT2D eigenvalue weighted by atomic mass is 79.9. The van der Waals surface area contributed by atoms with E-state index in [0.717, 1.165) is 31.1 Å². The summed E-state index contributed by atoms with van der Waals surface area (Å²) >= 11 is 5.01. The van der Waals surface area contributed by atoms with Crippen molar-refractivity contribution in [1.29, 1.82) is 0 Å². The van der Waals surface area contributed by atoms with E-state index in [4.69, 9.17) is 0 Å². The molecule has 3 aromatic rings. The highest BCUT2D eigenvalue weighted by molar-refractivity contribution is 9.10. The van der Waals surface area contributed by atoms with Gasteiger partial charge in [0.2, 0.25) is 0 Å². The van der Waals surface area contributed by atoms with Crippen molar-refractivity contribution in [3.63, 3.8) is 0 Å². The zero-order valence-electron chi connectivity index (χ0n) is 10.2. The Labute approximate surface area is 123 Å². The fourth-order valence-corrected chi connectivity index (χ4v) is 2.86. The molecule has 0 amide bonds. The lowest BCUT2D eigenvalue weighted by Crippen LogP contribution is -1.89. The quantitative estimate of drug-likeness (QED) is 0.658. The number of hydrogen-bond acceptors (Lipinski definition) is 4. The molecule has 3 rings (SSSR count). The highest BCUT2D eigenvalue weighted by Gasteiger charge is 2.07. The molecule has 5 heteroatoms. The average Bonchev–Trinajstić information content (AvgIpc) is 2.43. The molecule has 0 atom stereocenters. The molecule has 19 heavy (non-hydrogen) atoms. The summed E-state index contributed by atoms with van der Waals surface area (Å²) in [6.07, 6.45) is 1.59. The van der Waals surface area contributed by atoms with Crippen LogP contribution in [0.3, 0.4) is 0 Å². The Morgan fingerprint density at radius 2 is 1.89 bits per heavy atom. The largest absolute Gasteiger partial charge is 0.245 e. The maximum absolute atomic E-state index is 4.53. The number of aryl methyl sites for hydroxylation is 1. The van der Waals surface area contributed by atoms with Crippen LogP contribution in [0.5, 0.6) is 0 Å². The molecule has 0 radical (unpaired) electrons. The number of nitrogens with zero attached hydrogens (tertiary/aromatic N) is 3. The average molecular weight is 332 g/mol. The Kier molecular flexibility index (Phi) is 3.48. The van der Waals surface area contributed by atoms with Gasteiger partial charge in [0.15, 0.2) is 0 Å². The van der Waals surface area contributed by atoms with E-state index >= 15 is 0 Å². The van der Waals surface area contributed by atoms with Crippen LogP contribution in [0.25, 0.3) is 10.9 Å². The first kappa shape index (κ1) is 12.6. The summed E-state index contributed by atoms with van der Waals surface area (Å²) in [6, 6.07) is 12.0. The molecule has 0 saturated heterocycles. The third-order valence-electron chi connectivity index (χ3n) is 2.70. The van der Waals surface area contributed by atoms with Gasteiger partial charge in [0.05, 0.1) is 11.2 Å². The summed E-state index contributed by atoms with van der Waals surface area (Å²) in [5, 5.41) is 2.92. The molecule has 2 aromatic heterocycles. The predicted molar refractivity (Wildman–Crippen MR) is 80.3 cm³/mol. The second-order valence-corrected chi connectivity index (χ2v) is 5.88. The number of para-hydroxylation sites is 1. The summed E-state index contributed by atoms with van der Waals surface area (Å²) in [4.78, 5) is 13.1. The normalized spacial score (nSPS) is 10.8. The number of aromatic nitrogens is 3. The van der Waals surface area contributed by atoms with E-state index in [1.54, 1.807) is 18.1 Å². The Balaban J connectivity index is 2.03. The molecule has 0 aliphatic carbocycles. The van der Waals surface area contributed by atoms with E-state index in [1.165, 1.54) is 0 Å². The summed E-state index contributed by atoms with van der Waals surface area (Å²) in [6.45, 7) is 1.98. The summed E-state index contributed by atoms with van der Waals surface area (Å²) < 4.78 is 1.02. The van der Waals surface area contributed by atoms with E-state index in [2.05, 4.69) is 30.9 Å². The molecule has 2 heterocycles. The second kappa shape index (κ2) is 5.27. The minimum atomic E-state index is 0.930. The topological polar surface area (TPSA) is 38.7 Å². The first-order chi connectivity index (χ1) is 9.24. The van der Waals surface area contributed by atoms with Gasteiger partial charge in [-0.2, -0.15) is 0 Å². The van der Waals surface area contributed by atoms with Crippen LogP contribution >= 0.6 is 27.7 Å². The lowest BCUT2D eigenvalue weighted by atomic mass is 10.2. The smallest absolute Gasteiger partial charge is 0.117 e. The SMILES string of the molecule is Cc1nc(Sc2ncnc3ccccc23)ccc1Br. The van der Waals surface area contributed by atoms with Crippen molar-refractivity contribution >= 4 is 38.6 Å². The molecule has 1 aromatic carbocycles. The Hall–Kier alpha value is -1.46. The minimum absolute atomic E-state index is 0.930. The van der Waals surface area contributed by atoms with Gasteiger partial charge in [0, 0.05) is 9.86 Å². The van der Waals surface area contributed by atoms with Gasteiger partial charge in [-0.15, -0.1) is 0 Å². The molecule has 0 unspecified atom stereocenters. The number of benzene rings is 1. The fourth-order valence-electron chi connectivity index (χ4n) is 1.74. The van der Waals surface area contributed by atoms with Crippen LogP contribution in [-0.4, -0.2) is 15.0 Å². The van der Waals surface area contributed by atoms with Gasteiger partial charge in [-0.25, -0.2) is 15.0 Å².